The molecule has 3 rings (SSSR count). The van der Waals surface area contributed by atoms with Gasteiger partial charge in [0.05, 0.1) is 16.3 Å². The molecule has 0 amide bonds. The predicted molar refractivity (Wildman–Crippen MR) is 81.8 cm³/mol. The average molecular weight is 298 g/mol. The smallest absolute Gasteiger partial charge is 0.154 e. The maximum atomic E-state index is 5.08. The molecule has 0 unspecified atom stereocenters. The molecule has 0 atom stereocenters. The van der Waals surface area contributed by atoms with Crippen LogP contribution in [0.1, 0.15) is 11.5 Å². The first-order valence-electron chi connectivity index (χ1n) is 6.47. The van der Waals surface area contributed by atoms with Crippen molar-refractivity contribution in [2.45, 2.75) is 13.5 Å². The molecular weight excluding hydrogens is 284 g/mol. The van der Waals surface area contributed by atoms with Crippen molar-refractivity contribution in [3.05, 3.63) is 48.3 Å². The summed E-state index contributed by atoms with van der Waals surface area (Å²) in [5.74, 6) is 0.672. The fourth-order valence-corrected chi connectivity index (χ4v) is 3.00. The summed E-state index contributed by atoms with van der Waals surface area (Å²) in [6.45, 7) is 2.39. The van der Waals surface area contributed by atoms with Crippen LogP contribution in [0.3, 0.4) is 0 Å². The van der Waals surface area contributed by atoms with Gasteiger partial charge in [0.25, 0.3) is 0 Å². The Hall–Kier alpha value is -2.18. The highest BCUT2D eigenvalue weighted by Gasteiger charge is 2.13. The van der Waals surface area contributed by atoms with Crippen molar-refractivity contribution < 1.29 is 4.74 Å². The monoisotopic (exact) mass is 298 g/mol. The Morgan fingerprint density at radius 2 is 2.10 bits per heavy atom. The third-order valence-electron chi connectivity index (χ3n) is 2.92. The van der Waals surface area contributed by atoms with E-state index in [-0.39, 0.29) is 0 Å². The minimum Gasteiger partial charge on any atom is -0.377 e. The SMILES string of the molecule is COCc1nccc(-c2sc(-c3cccnc3)nc2C)n1. The molecule has 0 N–H and O–H groups in total. The third-order valence-corrected chi connectivity index (χ3v) is 4.15. The average Bonchev–Trinajstić information content (AvgIpc) is 2.91. The number of rotatable bonds is 4. The second-order valence-electron chi connectivity index (χ2n) is 4.47. The number of aryl methyl sites for hydroxylation is 1. The van der Waals surface area contributed by atoms with Crippen LogP contribution in [0.25, 0.3) is 21.1 Å². The molecular formula is C15H14N4OS. The van der Waals surface area contributed by atoms with E-state index in [9.17, 15) is 0 Å². The van der Waals surface area contributed by atoms with Gasteiger partial charge in [0.2, 0.25) is 0 Å². The van der Waals surface area contributed by atoms with Crippen LogP contribution in [0.2, 0.25) is 0 Å². The number of methoxy groups -OCH3 is 1. The standard InChI is InChI=1S/C15H14N4OS/c1-10-14(12-5-7-17-13(19-12)9-20-2)21-15(18-10)11-4-3-6-16-8-11/h3-8H,9H2,1-2H3. The molecule has 0 aliphatic rings. The molecule has 0 bridgehead atoms. The van der Waals surface area contributed by atoms with Crippen molar-refractivity contribution in [2.75, 3.05) is 7.11 Å². The number of pyridine rings is 1. The first-order valence-corrected chi connectivity index (χ1v) is 7.28. The topological polar surface area (TPSA) is 60.8 Å². The van der Waals surface area contributed by atoms with E-state index in [0.717, 1.165) is 26.8 Å². The van der Waals surface area contributed by atoms with E-state index in [2.05, 4.69) is 19.9 Å². The zero-order chi connectivity index (χ0) is 14.7. The molecule has 0 saturated heterocycles. The van der Waals surface area contributed by atoms with Crippen LogP contribution >= 0.6 is 11.3 Å². The summed E-state index contributed by atoms with van der Waals surface area (Å²) < 4.78 is 5.08. The van der Waals surface area contributed by atoms with Crippen molar-refractivity contribution in [1.82, 2.24) is 19.9 Å². The molecule has 106 valence electrons. The zero-order valence-corrected chi connectivity index (χ0v) is 12.6. The Morgan fingerprint density at radius 1 is 1.19 bits per heavy atom. The third kappa shape index (κ3) is 2.96. The molecule has 0 fully saturated rings. The van der Waals surface area contributed by atoms with Crippen LogP contribution < -0.4 is 0 Å². The van der Waals surface area contributed by atoms with Crippen LogP contribution in [0.15, 0.2) is 36.8 Å². The van der Waals surface area contributed by atoms with Gasteiger partial charge in [-0.2, -0.15) is 0 Å². The Kier molecular flexibility index (Phi) is 3.98. The van der Waals surface area contributed by atoms with Crippen LogP contribution in [0.5, 0.6) is 0 Å². The number of ether oxygens (including phenoxy) is 1. The van der Waals surface area contributed by atoms with Gasteiger partial charge < -0.3 is 4.74 Å². The summed E-state index contributed by atoms with van der Waals surface area (Å²) in [6, 6.07) is 5.81. The van der Waals surface area contributed by atoms with E-state index >= 15 is 0 Å². The largest absolute Gasteiger partial charge is 0.377 e. The van der Waals surface area contributed by atoms with Gasteiger partial charge in [-0.1, -0.05) is 0 Å². The molecule has 3 aromatic rings. The molecule has 0 aliphatic carbocycles. The van der Waals surface area contributed by atoms with Crippen molar-refractivity contribution in [2.24, 2.45) is 0 Å². The summed E-state index contributed by atoms with van der Waals surface area (Å²) in [7, 11) is 1.63. The van der Waals surface area contributed by atoms with Gasteiger partial charge in [-0.15, -0.1) is 11.3 Å². The lowest BCUT2D eigenvalue weighted by Gasteiger charge is -2.01. The number of aromatic nitrogens is 4. The van der Waals surface area contributed by atoms with Gasteiger partial charge in [-0.25, -0.2) is 15.0 Å². The zero-order valence-electron chi connectivity index (χ0n) is 11.8. The maximum absolute atomic E-state index is 5.08. The van der Waals surface area contributed by atoms with Crippen LogP contribution in [0.4, 0.5) is 0 Å². The summed E-state index contributed by atoms with van der Waals surface area (Å²) in [4.78, 5) is 18.5. The lowest BCUT2D eigenvalue weighted by molar-refractivity contribution is 0.178. The molecule has 3 aromatic heterocycles. The second kappa shape index (κ2) is 6.07. The highest BCUT2D eigenvalue weighted by Crippen LogP contribution is 2.33. The van der Waals surface area contributed by atoms with Crippen LogP contribution in [0, 0.1) is 6.92 Å². The van der Waals surface area contributed by atoms with Crippen molar-refractivity contribution in [1.29, 1.82) is 0 Å². The Balaban J connectivity index is 2.00. The van der Waals surface area contributed by atoms with Gasteiger partial charge in [-0.05, 0) is 25.1 Å². The highest BCUT2D eigenvalue weighted by molar-refractivity contribution is 7.18. The fraction of sp³-hybridized carbons (Fsp3) is 0.200. The molecule has 6 heteroatoms. The Bertz CT molecular complexity index is 742. The molecule has 21 heavy (non-hydrogen) atoms. The number of hydrogen-bond acceptors (Lipinski definition) is 6. The molecule has 0 aliphatic heterocycles. The Morgan fingerprint density at radius 3 is 2.86 bits per heavy atom. The van der Waals surface area contributed by atoms with Crippen LogP contribution in [-0.2, 0) is 11.3 Å². The van der Waals surface area contributed by atoms with Gasteiger partial charge in [0.1, 0.15) is 11.6 Å². The maximum Gasteiger partial charge on any atom is 0.154 e. The van der Waals surface area contributed by atoms with Crippen LogP contribution in [-0.4, -0.2) is 27.0 Å². The summed E-state index contributed by atoms with van der Waals surface area (Å²) >= 11 is 1.61. The fourth-order valence-electron chi connectivity index (χ4n) is 1.97. The van der Waals surface area contributed by atoms with E-state index in [1.165, 1.54) is 0 Å². The number of hydrogen-bond donors (Lipinski definition) is 0. The molecule has 0 spiro atoms. The lowest BCUT2D eigenvalue weighted by Crippen LogP contribution is -1.97. The minimum absolute atomic E-state index is 0.404. The van der Waals surface area contributed by atoms with E-state index < -0.39 is 0 Å². The minimum atomic E-state index is 0.404. The number of nitrogens with zero attached hydrogens (tertiary/aromatic N) is 4. The quantitative estimate of drug-likeness (QED) is 0.740. The summed E-state index contributed by atoms with van der Waals surface area (Å²) in [6.07, 6.45) is 5.32. The highest BCUT2D eigenvalue weighted by atomic mass is 32.1. The summed E-state index contributed by atoms with van der Waals surface area (Å²) in [5.41, 5.74) is 2.85. The first-order chi connectivity index (χ1) is 10.3. The van der Waals surface area contributed by atoms with Crippen molar-refractivity contribution in [3.8, 4) is 21.1 Å². The lowest BCUT2D eigenvalue weighted by atomic mass is 10.3. The molecule has 5 nitrogen and oxygen atoms in total. The Labute approximate surface area is 126 Å². The molecule has 0 radical (unpaired) electrons. The van der Waals surface area contributed by atoms with Gasteiger partial charge >= 0.3 is 0 Å². The van der Waals surface area contributed by atoms with E-state index in [4.69, 9.17) is 4.74 Å². The van der Waals surface area contributed by atoms with Crippen molar-refractivity contribution in [3.63, 3.8) is 0 Å². The van der Waals surface area contributed by atoms with E-state index in [1.54, 1.807) is 30.8 Å². The number of thiazole rings is 1. The van der Waals surface area contributed by atoms with E-state index in [1.807, 2.05) is 31.3 Å². The first kappa shape index (κ1) is 13.8. The predicted octanol–water partition coefficient (Wildman–Crippen LogP) is 3.12. The molecule has 3 heterocycles. The van der Waals surface area contributed by atoms with E-state index in [0.29, 0.717) is 12.4 Å². The van der Waals surface area contributed by atoms with Gasteiger partial charge in [0.15, 0.2) is 5.82 Å². The van der Waals surface area contributed by atoms with Gasteiger partial charge in [0, 0.05) is 31.3 Å². The van der Waals surface area contributed by atoms with Crippen molar-refractivity contribution >= 4 is 11.3 Å². The summed E-state index contributed by atoms with van der Waals surface area (Å²) in [5, 5.41) is 0.947. The normalized spacial score (nSPS) is 10.8. The molecule has 0 saturated carbocycles. The van der Waals surface area contributed by atoms with Gasteiger partial charge in [-0.3, -0.25) is 4.98 Å². The second-order valence-corrected chi connectivity index (χ2v) is 5.47. The molecule has 0 aromatic carbocycles.